The van der Waals surface area contributed by atoms with Crippen molar-refractivity contribution in [2.45, 2.75) is 0 Å². The molecule has 27 heavy (non-hydrogen) atoms. The van der Waals surface area contributed by atoms with Crippen LogP contribution in [0.5, 0.6) is 5.75 Å². The van der Waals surface area contributed by atoms with Crippen LogP contribution in [0.1, 0.15) is 15.9 Å². The summed E-state index contributed by atoms with van der Waals surface area (Å²) in [6.45, 7) is 0. The van der Waals surface area contributed by atoms with E-state index >= 15 is 0 Å². The van der Waals surface area contributed by atoms with Crippen LogP contribution in [0.4, 0.5) is 5.82 Å². The minimum absolute atomic E-state index is 0.118. The molecule has 0 fully saturated rings. The molecule has 0 atom stereocenters. The van der Waals surface area contributed by atoms with Crippen LogP contribution in [0.15, 0.2) is 48.7 Å². The van der Waals surface area contributed by atoms with E-state index in [0.29, 0.717) is 16.5 Å². The van der Waals surface area contributed by atoms with Gasteiger partial charge in [-0.25, -0.2) is 4.98 Å². The number of carbonyl (C=O) groups excluding carboxylic acids is 1. The second-order valence-electron chi connectivity index (χ2n) is 5.68. The van der Waals surface area contributed by atoms with E-state index in [0.717, 1.165) is 11.0 Å². The first kappa shape index (κ1) is 16.8. The highest BCUT2D eigenvalue weighted by molar-refractivity contribution is 6.31. The van der Waals surface area contributed by atoms with E-state index < -0.39 is 5.91 Å². The second kappa shape index (κ2) is 6.59. The third-order valence-electron chi connectivity index (χ3n) is 4.06. The summed E-state index contributed by atoms with van der Waals surface area (Å²) in [5.41, 5.74) is 2.02. The fourth-order valence-electron chi connectivity index (χ4n) is 2.80. The monoisotopic (exact) mass is 377 g/mol. The van der Waals surface area contributed by atoms with Crippen LogP contribution in [0.3, 0.4) is 0 Å². The number of anilines is 1. The molecule has 8 heteroatoms. The smallest absolute Gasteiger partial charge is 0.260 e. The summed E-state index contributed by atoms with van der Waals surface area (Å²) >= 11 is 5.99. The van der Waals surface area contributed by atoms with Gasteiger partial charge in [-0.1, -0.05) is 23.7 Å². The molecule has 0 unspecified atom stereocenters. The van der Waals surface area contributed by atoms with Crippen molar-refractivity contribution in [2.24, 2.45) is 0 Å². The van der Waals surface area contributed by atoms with Crippen molar-refractivity contribution in [1.29, 1.82) is 5.26 Å². The number of para-hydroxylation sites is 2. The highest BCUT2D eigenvalue weighted by atomic mass is 35.5. The number of nitriles is 1. The molecule has 0 aliphatic rings. The topological polar surface area (TPSA) is 92.3 Å². The molecule has 0 radical (unpaired) electrons. The van der Waals surface area contributed by atoms with Gasteiger partial charge in [0.2, 0.25) is 5.78 Å². The quantitative estimate of drug-likeness (QED) is 0.588. The number of methoxy groups -OCH3 is 1. The van der Waals surface area contributed by atoms with Crippen LogP contribution in [-0.4, -0.2) is 27.4 Å². The summed E-state index contributed by atoms with van der Waals surface area (Å²) in [7, 11) is 1.46. The first-order chi connectivity index (χ1) is 13.1. The van der Waals surface area contributed by atoms with Gasteiger partial charge in [-0.05, 0) is 30.3 Å². The van der Waals surface area contributed by atoms with Crippen molar-refractivity contribution in [3.63, 3.8) is 0 Å². The lowest BCUT2D eigenvalue weighted by atomic mass is 10.2. The number of hydrogen-bond acceptors (Lipinski definition) is 5. The number of halogens is 1. The van der Waals surface area contributed by atoms with Crippen LogP contribution in [-0.2, 0) is 0 Å². The summed E-state index contributed by atoms with van der Waals surface area (Å²) in [5, 5.41) is 12.5. The summed E-state index contributed by atoms with van der Waals surface area (Å²) in [6, 6.07) is 14.2. The summed E-state index contributed by atoms with van der Waals surface area (Å²) in [6.07, 6.45) is 1.60. The molecule has 7 nitrogen and oxygen atoms in total. The molecule has 0 aliphatic heterocycles. The Labute approximate surface area is 158 Å². The maximum Gasteiger partial charge on any atom is 0.260 e. The van der Waals surface area contributed by atoms with Gasteiger partial charge in [0.25, 0.3) is 5.91 Å². The average molecular weight is 378 g/mol. The van der Waals surface area contributed by atoms with Crippen LogP contribution in [0.2, 0.25) is 5.02 Å². The molecule has 0 aliphatic carbocycles. The minimum atomic E-state index is -0.487. The van der Waals surface area contributed by atoms with E-state index in [2.05, 4.69) is 21.4 Å². The largest absolute Gasteiger partial charge is 0.496 e. The van der Waals surface area contributed by atoms with Gasteiger partial charge in [0.15, 0.2) is 5.82 Å². The molecule has 1 amide bonds. The van der Waals surface area contributed by atoms with Gasteiger partial charge in [0.05, 0.1) is 23.7 Å². The highest BCUT2D eigenvalue weighted by Gasteiger charge is 2.17. The molecule has 0 saturated heterocycles. The molecule has 132 valence electrons. The molecule has 0 bridgehead atoms. The number of aromatic nitrogens is 3. The number of rotatable bonds is 3. The Hall–Kier alpha value is -3.63. The number of benzene rings is 2. The number of nitrogens with one attached hydrogen (secondary N) is 1. The van der Waals surface area contributed by atoms with Gasteiger partial charge in [0.1, 0.15) is 17.4 Å². The lowest BCUT2D eigenvalue weighted by Crippen LogP contribution is -2.16. The predicted molar refractivity (Wildman–Crippen MR) is 101 cm³/mol. The third kappa shape index (κ3) is 2.92. The highest BCUT2D eigenvalue weighted by Crippen LogP contribution is 2.25. The zero-order chi connectivity index (χ0) is 19.0. The van der Waals surface area contributed by atoms with Gasteiger partial charge in [-0.15, -0.1) is 0 Å². The van der Waals surface area contributed by atoms with E-state index in [4.69, 9.17) is 16.3 Å². The van der Waals surface area contributed by atoms with Gasteiger partial charge < -0.3 is 10.1 Å². The van der Waals surface area contributed by atoms with E-state index in [1.165, 1.54) is 13.2 Å². The molecule has 4 rings (SSSR count). The Morgan fingerprint density at radius 2 is 2.07 bits per heavy atom. The van der Waals surface area contributed by atoms with Crippen LogP contribution < -0.4 is 10.1 Å². The van der Waals surface area contributed by atoms with Gasteiger partial charge >= 0.3 is 0 Å². The first-order valence-corrected chi connectivity index (χ1v) is 8.31. The van der Waals surface area contributed by atoms with Crippen molar-refractivity contribution < 1.29 is 9.53 Å². The van der Waals surface area contributed by atoms with Crippen LogP contribution in [0, 0.1) is 11.3 Å². The molecular formula is C19H12ClN5O2. The predicted octanol–water partition coefficient (Wildman–Crippen LogP) is 3.67. The van der Waals surface area contributed by atoms with Crippen molar-refractivity contribution >= 4 is 40.1 Å². The Kier molecular flexibility index (Phi) is 4.11. The van der Waals surface area contributed by atoms with Crippen molar-refractivity contribution in [1.82, 2.24) is 14.4 Å². The van der Waals surface area contributed by atoms with Gasteiger partial charge in [-0.2, -0.15) is 10.2 Å². The van der Waals surface area contributed by atoms with Gasteiger partial charge in [0, 0.05) is 11.2 Å². The molecule has 2 aromatic carbocycles. The molecule has 2 aromatic heterocycles. The van der Waals surface area contributed by atoms with E-state index in [9.17, 15) is 10.1 Å². The fourth-order valence-corrected chi connectivity index (χ4v) is 2.97. The van der Waals surface area contributed by atoms with E-state index in [-0.39, 0.29) is 16.9 Å². The minimum Gasteiger partial charge on any atom is -0.496 e. The number of ether oxygens (including phenoxy) is 1. The molecular weight excluding hydrogens is 366 g/mol. The standard InChI is InChI=1S/C19H12ClN5O2/c1-27-16-7-6-12(20)8-13(16)18(26)23-17-11(9-21)10-25-15-5-3-2-4-14(15)22-19(25)24-17/h2-8,10H,1H3,(H,22,23,24,26). The Bertz CT molecular complexity index is 1240. The first-order valence-electron chi connectivity index (χ1n) is 7.93. The van der Waals surface area contributed by atoms with Crippen molar-refractivity contribution in [3.8, 4) is 11.8 Å². The number of carbonyl (C=O) groups is 1. The lowest BCUT2D eigenvalue weighted by Gasteiger charge is -2.10. The number of fused-ring (bicyclic) bond motifs is 3. The Morgan fingerprint density at radius 3 is 2.85 bits per heavy atom. The number of hydrogen-bond donors (Lipinski definition) is 1. The molecule has 1 N–H and O–H groups in total. The maximum absolute atomic E-state index is 12.7. The van der Waals surface area contributed by atoms with Crippen molar-refractivity contribution in [2.75, 3.05) is 12.4 Å². The maximum atomic E-state index is 12.7. The number of imidazole rings is 1. The van der Waals surface area contributed by atoms with E-state index in [1.54, 1.807) is 22.7 Å². The molecule has 2 heterocycles. The number of amides is 1. The molecule has 0 saturated carbocycles. The summed E-state index contributed by atoms with van der Waals surface area (Å²) in [5.74, 6) is 0.373. The Morgan fingerprint density at radius 1 is 1.26 bits per heavy atom. The van der Waals surface area contributed by atoms with Crippen LogP contribution in [0.25, 0.3) is 16.8 Å². The third-order valence-corrected chi connectivity index (χ3v) is 4.30. The molecule has 4 aromatic rings. The molecule has 0 spiro atoms. The van der Waals surface area contributed by atoms with Crippen molar-refractivity contribution in [3.05, 3.63) is 64.8 Å². The SMILES string of the molecule is COc1ccc(Cl)cc1C(=O)Nc1nc2nc3ccccc3n2cc1C#N. The average Bonchev–Trinajstić information content (AvgIpc) is 3.04. The normalized spacial score (nSPS) is 10.7. The van der Waals surface area contributed by atoms with Gasteiger partial charge in [-0.3, -0.25) is 9.20 Å². The number of nitrogens with zero attached hydrogens (tertiary/aromatic N) is 4. The Balaban J connectivity index is 1.80. The van der Waals surface area contributed by atoms with E-state index in [1.807, 2.05) is 24.3 Å². The lowest BCUT2D eigenvalue weighted by molar-refractivity contribution is 0.102. The fraction of sp³-hybridized carbons (Fsp3) is 0.0526. The zero-order valence-electron chi connectivity index (χ0n) is 14.1. The summed E-state index contributed by atoms with van der Waals surface area (Å²) in [4.78, 5) is 21.5. The summed E-state index contributed by atoms with van der Waals surface area (Å²) < 4.78 is 6.92. The second-order valence-corrected chi connectivity index (χ2v) is 6.12. The zero-order valence-corrected chi connectivity index (χ0v) is 14.9. The van der Waals surface area contributed by atoms with Crippen LogP contribution >= 0.6 is 11.6 Å².